The van der Waals surface area contributed by atoms with Gasteiger partial charge in [0.2, 0.25) is 0 Å². The Hall–Kier alpha value is -2.97. The van der Waals surface area contributed by atoms with E-state index >= 15 is 0 Å². The van der Waals surface area contributed by atoms with Gasteiger partial charge in [-0.15, -0.1) is 0 Å². The molecule has 0 saturated heterocycles. The molecule has 5 rings (SSSR count). The van der Waals surface area contributed by atoms with Crippen LogP contribution in [0.5, 0.6) is 0 Å². The summed E-state index contributed by atoms with van der Waals surface area (Å²) in [5, 5.41) is 3.86. The second kappa shape index (κ2) is 8.04. The third kappa shape index (κ3) is 3.42. The van der Waals surface area contributed by atoms with Crippen molar-refractivity contribution in [3.05, 3.63) is 119 Å². The number of fused-ring (bicyclic) bond motifs is 2. The third-order valence-corrected chi connectivity index (χ3v) is 7.24. The fraction of sp³-hybridized carbons (Fsp3) is 0.143. The third-order valence-electron chi connectivity index (χ3n) is 6.12. The molecule has 1 nitrogen and oxygen atoms in total. The molecule has 2 heteroatoms. The van der Waals surface area contributed by atoms with Gasteiger partial charge in [-0.2, -0.15) is 0 Å². The molecule has 4 aromatic rings. The van der Waals surface area contributed by atoms with Crippen LogP contribution in [-0.4, -0.2) is 0 Å². The summed E-state index contributed by atoms with van der Waals surface area (Å²) in [5.41, 5.74) is 7.88. The van der Waals surface area contributed by atoms with Gasteiger partial charge in [0.25, 0.3) is 0 Å². The molecule has 0 saturated carbocycles. The van der Waals surface area contributed by atoms with E-state index in [0.29, 0.717) is 11.8 Å². The highest BCUT2D eigenvalue weighted by molar-refractivity contribution is 7.99. The molecule has 0 bridgehead atoms. The maximum absolute atomic E-state index is 3.86. The molecule has 2 unspecified atom stereocenters. The van der Waals surface area contributed by atoms with Crippen molar-refractivity contribution in [2.75, 3.05) is 5.32 Å². The fourth-order valence-electron chi connectivity index (χ4n) is 4.34. The smallest absolute Gasteiger partial charge is 0.0565 e. The minimum atomic E-state index is 0.328. The van der Waals surface area contributed by atoms with E-state index in [-0.39, 0.29) is 0 Å². The molecule has 1 N–H and O–H groups in total. The Balaban J connectivity index is 1.57. The van der Waals surface area contributed by atoms with Crippen LogP contribution in [0.2, 0.25) is 0 Å². The van der Waals surface area contributed by atoms with Gasteiger partial charge < -0.3 is 5.32 Å². The lowest BCUT2D eigenvalue weighted by Gasteiger charge is -2.29. The molecule has 4 aromatic carbocycles. The van der Waals surface area contributed by atoms with Crippen LogP contribution in [-0.2, 0) is 0 Å². The lowest BCUT2D eigenvalue weighted by molar-refractivity contribution is 0.908. The topological polar surface area (TPSA) is 12.0 Å². The van der Waals surface area contributed by atoms with Gasteiger partial charge in [-0.1, -0.05) is 111 Å². The van der Waals surface area contributed by atoms with Gasteiger partial charge in [0.1, 0.15) is 0 Å². The predicted octanol–water partition coefficient (Wildman–Crippen LogP) is 8.20. The Bertz CT molecular complexity index is 1070. The Morgan fingerprint density at radius 3 is 1.40 bits per heavy atom. The molecular formula is C28H25NS. The first kappa shape index (κ1) is 19.0. The summed E-state index contributed by atoms with van der Waals surface area (Å²) in [4.78, 5) is 2.60. The molecule has 0 spiro atoms. The zero-order chi connectivity index (χ0) is 20.5. The maximum atomic E-state index is 3.86. The molecule has 0 aliphatic carbocycles. The van der Waals surface area contributed by atoms with Crippen molar-refractivity contribution >= 4 is 23.1 Å². The van der Waals surface area contributed by atoms with Crippen molar-refractivity contribution in [1.29, 1.82) is 0 Å². The summed E-state index contributed by atoms with van der Waals surface area (Å²) < 4.78 is 0. The van der Waals surface area contributed by atoms with E-state index in [0.717, 1.165) is 0 Å². The van der Waals surface area contributed by atoms with Crippen LogP contribution in [0.3, 0.4) is 0 Å². The Morgan fingerprint density at radius 2 is 0.967 bits per heavy atom. The lowest BCUT2D eigenvalue weighted by Crippen LogP contribution is -2.10. The maximum Gasteiger partial charge on any atom is 0.0565 e. The molecule has 30 heavy (non-hydrogen) atoms. The summed E-state index contributed by atoms with van der Waals surface area (Å²) in [5.74, 6) is 0.656. The highest BCUT2D eigenvalue weighted by Gasteiger charge is 2.25. The number of rotatable bonds is 4. The number of nitrogens with one attached hydrogen (secondary N) is 1. The summed E-state index contributed by atoms with van der Waals surface area (Å²) in [6.45, 7) is 4.59. The summed E-state index contributed by atoms with van der Waals surface area (Å²) in [6.07, 6.45) is 0. The molecule has 1 heterocycles. The van der Waals surface area contributed by atoms with Crippen LogP contribution in [0.25, 0.3) is 0 Å². The van der Waals surface area contributed by atoms with Crippen molar-refractivity contribution in [1.82, 2.24) is 0 Å². The molecule has 148 valence electrons. The molecular weight excluding hydrogens is 382 g/mol. The van der Waals surface area contributed by atoms with E-state index in [1.54, 1.807) is 0 Å². The van der Waals surface area contributed by atoms with Gasteiger partial charge in [0.15, 0.2) is 0 Å². The molecule has 0 aromatic heterocycles. The van der Waals surface area contributed by atoms with E-state index in [2.05, 4.69) is 116 Å². The van der Waals surface area contributed by atoms with Crippen molar-refractivity contribution < 1.29 is 0 Å². The van der Waals surface area contributed by atoms with Gasteiger partial charge in [-0.25, -0.2) is 0 Å². The van der Waals surface area contributed by atoms with Gasteiger partial charge in [-0.05, 0) is 34.4 Å². The minimum absolute atomic E-state index is 0.328. The normalized spacial score (nSPS) is 14.2. The minimum Gasteiger partial charge on any atom is -0.353 e. The zero-order valence-electron chi connectivity index (χ0n) is 17.3. The van der Waals surface area contributed by atoms with E-state index in [9.17, 15) is 0 Å². The average Bonchev–Trinajstić information content (AvgIpc) is 2.82. The number of benzene rings is 4. The number of anilines is 2. The molecule has 1 aliphatic rings. The lowest BCUT2D eigenvalue weighted by atomic mass is 9.90. The van der Waals surface area contributed by atoms with Gasteiger partial charge in [0, 0.05) is 21.6 Å². The standard InChI is InChI=1S/C28H25NS/c1-19(21-11-5-3-6-12-21)23-15-9-17-25-27(23)29-28-24(16-10-18-26(28)30-25)20(2)22-13-7-4-8-14-22/h3-20,29H,1-2H3. The second-order valence-corrected chi connectivity index (χ2v) is 9.02. The quantitative estimate of drug-likeness (QED) is 0.322. The van der Waals surface area contributed by atoms with Crippen LogP contribution in [0.1, 0.15) is 47.9 Å². The Morgan fingerprint density at radius 1 is 0.533 bits per heavy atom. The van der Waals surface area contributed by atoms with Crippen molar-refractivity contribution in [3.63, 3.8) is 0 Å². The number of para-hydroxylation sites is 2. The fourth-order valence-corrected chi connectivity index (χ4v) is 5.41. The monoisotopic (exact) mass is 407 g/mol. The zero-order valence-corrected chi connectivity index (χ0v) is 18.1. The van der Waals surface area contributed by atoms with Crippen molar-refractivity contribution in [2.45, 2.75) is 35.5 Å². The molecule has 2 atom stereocenters. The number of hydrogen-bond donors (Lipinski definition) is 1. The first-order valence-electron chi connectivity index (χ1n) is 10.5. The van der Waals surface area contributed by atoms with Crippen LogP contribution >= 0.6 is 11.8 Å². The van der Waals surface area contributed by atoms with Crippen LogP contribution < -0.4 is 5.32 Å². The SMILES string of the molecule is CC(c1ccccc1)c1cccc2c1Nc1c(cccc1C(C)c1ccccc1)S2. The van der Waals surface area contributed by atoms with Crippen LogP contribution in [0, 0.1) is 0 Å². The summed E-state index contributed by atoms with van der Waals surface area (Å²) in [7, 11) is 0. The van der Waals surface area contributed by atoms with Crippen LogP contribution in [0.15, 0.2) is 107 Å². The van der Waals surface area contributed by atoms with E-state index in [1.165, 1.54) is 43.4 Å². The summed E-state index contributed by atoms with van der Waals surface area (Å²) in [6, 6.07) is 34.9. The predicted molar refractivity (Wildman–Crippen MR) is 128 cm³/mol. The second-order valence-electron chi connectivity index (χ2n) is 7.93. The van der Waals surface area contributed by atoms with E-state index in [1.807, 2.05) is 11.8 Å². The van der Waals surface area contributed by atoms with Gasteiger partial charge >= 0.3 is 0 Å². The van der Waals surface area contributed by atoms with E-state index in [4.69, 9.17) is 0 Å². The first-order chi connectivity index (χ1) is 14.7. The van der Waals surface area contributed by atoms with Crippen molar-refractivity contribution in [3.8, 4) is 0 Å². The molecule has 1 aliphatic heterocycles. The molecule has 0 fully saturated rings. The first-order valence-corrected chi connectivity index (χ1v) is 11.3. The molecule has 0 amide bonds. The Labute approximate surface area is 183 Å². The van der Waals surface area contributed by atoms with E-state index < -0.39 is 0 Å². The molecule has 0 radical (unpaired) electrons. The highest BCUT2D eigenvalue weighted by Crippen LogP contribution is 2.50. The van der Waals surface area contributed by atoms with Gasteiger partial charge in [-0.3, -0.25) is 0 Å². The summed E-state index contributed by atoms with van der Waals surface area (Å²) >= 11 is 1.87. The van der Waals surface area contributed by atoms with Crippen LogP contribution in [0.4, 0.5) is 11.4 Å². The van der Waals surface area contributed by atoms with Gasteiger partial charge in [0.05, 0.1) is 11.4 Å². The van der Waals surface area contributed by atoms with Crippen molar-refractivity contribution in [2.24, 2.45) is 0 Å². The Kier molecular flexibility index (Phi) is 5.10. The average molecular weight is 408 g/mol. The highest BCUT2D eigenvalue weighted by atomic mass is 32.2. The largest absolute Gasteiger partial charge is 0.353 e. The number of hydrogen-bond acceptors (Lipinski definition) is 2.